The van der Waals surface area contributed by atoms with E-state index in [0.717, 1.165) is 5.56 Å². The van der Waals surface area contributed by atoms with E-state index in [0.29, 0.717) is 24.5 Å². The van der Waals surface area contributed by atoms with E-state index < -0.39 is 6.61 Å². The van der Waals surface area contributed by atoms with Crippen molar-refractivity contribution >= 4 is 5.82 Å². The first-order valence-corrected chi connectivity index (χ1v) is 6.93. The molecule has 1 aromatic heterocycles. The lowest BCUT2D eigenvalue weighted by Crippen LogP contribution is -2.06. The smallest absolute Gasteiger partial charge is 0.387 e. The van der Waals surface area contributed by atoms with E-state index in [1.54, 1.807) is 31.2 Å². The van der Waals surface area contributed by atoms with Crippen molar-refractivity contribution in [2.75, 3.05) is 11.9 Å². The third-order valence-electron chi connectivity index (χ3n) is 2.89. The van der Waals surface area contributed by atoms with Crippen molar-refractivity contribution in [1.82, 2.24) is 4.98 Å². The largest absolute Gasteiger partial charge is 0.490 e. The Hall–Kier alpha value is -2.88. The zero-order valence-electron chi connectivity index (χ0n) is 12.4. The van der Waals surface area contributed by atoms with Gasteiger partial charge in [-0.3, -0.25) is 0 Å². The minimum atomic E-state index is -2.90. The van der Waals surface area contributed by atoms with Crippen LogP contribution in [-0.4, -0.2) is 18.2 Å². The molecule has 23 heavy (non-hydrogen) atoms. The van der Waals surface area contributed by atoms with Crippen LogP contribution in [0.15, 0.2) is 36.5 Å². The Morgan fingerprint density at radius 1 is 1.26 bits per heavy atom. The minimum absolute atomic E-state index is 0.00194. The summed E-state index contributed by atoms with van der Waals surface area (Å²) in [5.74, 6) is 0.872. The lowest BCUT2D eigenvalue weighted by atomic mass is 10.2. The number of aromatic nitrogens is 1. The van der Waals surface area contributed by atoms with Crippen LogP contribution in [0.5, 0.6) is 11.5 Å². The van der Waals surface area contributed by atoms with Crippen molar-refractivity contribution in [3.05, 3.63) is 47.7 Å². The molecule has 1 aromatic carbocycles. The summed E-state index contributed by atoms with van der Waals surface area (Å²) in [7, 11) is 0. The normalized spacial score (nSPS) is 10.2. The third-order valence-corrected chi connectivity index (χ3v) is 2.89. The van der Waals surface area contributed by atoms with Crippen LogP contribution in [0, 0.1) is 11.3 Å². The standard InChI is InChI=1S/C16H15F2N3O2/c1-2-22-14-7-11(3-5-13(14)23-16(17)18)9-20-15-6-4-12(8-19)10-21-15/h3-7,10,16H,2,9H2,1H3,(H,20,21). The highest BCUT2D eigenvalue weighted by Crippen LogP contribution is 2.30. The fourth-order valence-electron chi connectivity index (χ4n) is 1.88. The Morgan fingerprint density at radius 3 is 2.70 bits per heavy atom. The molecule has 0 atom stereocenters. The summed E-state index contributed by atoms with van der Waals surface area (Å²) in [4.78, 5) is 4.09. The van der Waals surface area contributed by atoms with Gasteiger partial charge in [0, 0.05) is 12.7 Å². The maximum Gasteiger partial charge on any atom is 0.387 e. The summed E-state index contributed by atoms with van der Waals surface area (Å²) in [6.45, 7) is -0.375. The summed E-state index contributed by atoms with van der Waals surface area (Å²) in [5, 5.41) is 11.8. The predicted molar refractivity (Wildman–Crippen MR) is 80.5 cm³/mol. The number of nitrogens with zero attached hydrogens (tertiary/aromatic N) is 2. The number of anilines is 1. The molecule has 5 nitrogen and oxygen atoms in total. The van der Waals surface area contributed by atoms with E-state index >= 15 is 0 Å². The number of nitrogens with one attached hydrogen (secondary N) is 1. The average molecular weight is 319 g/mol. The van der Waals surface area contributed by atoms with Crippen LogP contribution in [0.3, 0.4) is 0 Å². The van der Waals surface area contributed by atoms with Crippen molar-refractivity contribution in [3.8, 4) is 17.6 Å². The summed E-state index contributed by atoms with van der Waals surface area (Å²) < 4.78 is 34.4. The molecule has 0 unspecified atom stereocenters. The van der Waals surface area contributed by atoms with Crippen LogP contribution in [0.2, 0.25) is 0 Å². The highest BCUT2D eigenvalue weighted by molar-refractivity contribution is 5.45. The second-order valence-corrected chi connectivity index (χ2v) is 4.49. The minimum Gasteiger partial charge on any atom is -0.490 e. The molecule has 2 aromatic rings. The maximum absolute atomic E-state index is 12.4. The van der Waals surface area contributed by atoms with Gasteiger partial charge in [0.2, 0.25) is 0 Å². The number of hydrogen-bond acceptors (Lipinski definition) is 5. The Balaban J connectivity index is 2.07. The van der Waals surface area contributed by atoms with E-state index in [-0.39, 0.29) is 11.5 Å². The molecule has 0 saturated carbocycles. The van der Waals surface area contributed by atoms with Gasteiger partial charge in [0.15, 0.2) is 11.5 Å². The summed E-state index contributed by atoms with van der Waals surface area (Å²) in [5.41, 5.74) is 1.30. The van der Waals surface area contributed by atoms with Crippen LogP contribution in [-0.2, 0) is 6.54 Å². The van der Waals surface area contributed by atoms with Gasteiger partial charge in [0.1, 0.15) is 11.9 Å². The van der Waals surface area contributed by atoms with Gasteiger partial charge < -0.3 is 14.8 Å². The molecule has 0 aliphatic rings. The first-order valence-electron chi connectivity index (χ1n) is 6.93. The molecule has 0 radical (unpaired) electrons. The van der Waals surface area contributed by atoms with Gasteiger partial charge in [-0.2, -0.15) is 14.0 Å². The SMILES string of the molecule is CCOc1cc(CNc2ccc(C#N)cn2)ccc1OC(F)F. The second kappa shape index (κ2) is 7.94. The molecule has 2 rings (SSSR count). The van der Waals surface area contributed by atoms with E-state index in [2.05, 4.69) is 15.0 Å². The van der Waals surface area contributed by atoms with Crippen molar-refractivity contribution in [2.24, 2.45) is 0 Å². The Labute approximate surface area is 132 Å². The van der Waals surface area contributed by atoms with E-state index in [1.807, 2.05) is 6.07 Å². The first-order chi connectivity index (χ1) is 11.1. The molecule has 0 spiro atoms. The molecule has 120 valence electrons. The number of pyridine rings is 1. The van der Waals surface area contributed by atoms with Crippen LogP contribution in [0.1, 0.15) is 18.1 Å². The van der Waals surface area contributed by atoms with Crippen molar-refractivity contribution in [1.29, 1.82) is 5.26 Å². The number of alkyl halides is 2. The number of ether oxygens (including phenoxy) is 2. The Morgan fingerprint density at radius 2 is 2.09 bits per heavy atom. The van der Waals surface area contributed by atoms with Gasteiger partial charge in [-0.25, -0.2) is 4.98 Å². The topological polar surface area (TPSA) is 67.2 Å². The van der Waals surface area contributed by atoms with E-state index in [9.17, 15) is 8.78 Å². The molecule has 1 heterocycles. The first kappa shape index (κ1) is 16.5. The van der Waals surface area contributed by atoms with Gasteiger partial charge in [-0.15, -0.1) is 0 Å². The van der Waals surface area contributed by atoms with E-state index in [1.165, 1.54) is 12.3 Å². The monoisotopic (exact) mass is 319 g/mol. The predicted octanol–water partition coefficient (Wildman–Crippen LogP) is 3.57. The molecule has 0 fully saturated rings. The zero-order chi connectivity index (χ0) is 16.7. The number of halogens is 2. The van der Waals surface area contributed by atoms with Gasteiger partial charge in [0.05, 0.1) is 12.2 Å². The molecule has 0 aliphatic carbocycles. The Bertz CT molecular complexity index is 685. The maximum atomic E-state index is 12.4. The summed E-state index contributed by atoms with van der Waals surface area (Å²) >= 11 is 0. The van der Waals surface area contributed by atoms with Crippen LogP contribution in [0.4, 0.5) is 14.6 Å². The summed E-state index contributed by atoms with van der Waals surface area (Å²) in [6, 6.07) is 10.1. The van der Waals surface area contributed by atoms with Crippen molar-refractivity contribution in [2.45, 2.75) is 20.1 Å². The fourth-order valence-corrected chi connectivity index (χ4v) is 1.88. The number of rotatable bonds is 7. The van der Waals surface area contributed by atoms with Crippen LogP contribution >= 0.6 is 0 Å². The zero-order valence-corrected chi connectivity index (χ0v) is 12.4. The van der Waals surface area contributed by atoms with Gasteiger partial charge >= 0.3 is 6.61 Å². The lowest BCUT2D eigenvalue weighted by molar-refractivity contribution is -0.0514. The molecule has 1 N–H and O–H groups in total. The Kier molecular flexibility index (Phi) is 5.69. The molecular weight excluding hydrogens is 304 g/mol. The summed E-state index contributed by atoms with van der Waals surface area (Å²) in [6.07, 6.45) is 1.47. The second-order valence-electron chi connectivity index (χ2n) is 4.49. The highest BCUT2D eigenvalue weighted by atomic mass is 19.3. The van der Waals surface area contributed by atoms with Crippen LogP contribution < -0.4 is 14.8 Å². The third kappa shape index (κ3) is 4.81. The fraction of sp³-hybridized carbons (Fsp3) is 0.250. The van der Waals surface area contributed by atoms with Crippen molar-refractivity contribution < 1.29 is 18.3 Å². The molecule has 0 amide bonds. The molecule has 7 heteroatoms. The lowest BCUT2D eigenvalue weighted by Gasteiger charge is -2.13. The highest BCUT2D eigenvalue weighted by Gasteiger charge is 2.11. The van der Waals surface area contributed by atoms with Crippen molar-refractivity contribution in [3.63, 3.8) is 0 Å². The number of hydrogen-bond donors (Lipinski definition) is 1. The average Bonchev–Trinajstić information content (AvgIpc) is 2.55. The molecular formula is C16H15F2N3O2. The van der Waals surface area contributed by atoms with Gasteiger partial charge in [0.25, 0.3) is 0 Å². The molecule has 0 saturated heterocycles. The molecule has 0 bridgehead atoms. The quantitative estimate of drug-likeness (QED) is 0.845. The van der Waals surface area contributed by atoms with Gasteiger partial charge in [-0.05, 0) is 36.8 Å². The number of benzene rings is 1. The number of nitriles is 1. The van der Waals surface area contributed by atoms with Crippen LogP contribution in [0.25, 0.3) is 0 Å². The van der Waals surface area contributed by atoms with E-state index in [4.69, 9.17) is 10.00 Å². The molecule has 0 aliphatic heterocycles. The van der Waals surface area contributed by atoms with Gasteiger partial charge in [-0.1, -0.05) is 6.07 Å².